The lowest BCUT2D eigenvalue weighted by Crippen LogP contribution is -2.39. The van der Waals surface area contributed by atoms with Gasteiger partial charge in [-0.1, -0.05) is 159 Å². The fourth-order valence-corrected chi connectivity index (χ4v) is 9.24. The van der Waals surface area contributed by atoms with Gasteiger partial charge >= 0.3 is 0 Å². The van der Waals surface area contributed by atoms with Gasteiger partial charge in [-0.15, -0.1) is 0 Å². The molecule has 0 spiro atoms. The summed E-state index contributed by atoms with van der Waals surface area (Å²) >= 11 is 0. The minimum absolute atomic E-state index is 0.0670. The number of nitrogens with one attached hydrogen (secondary N) is 2. The van der Waals surface area contributed by atoms with E-state index in [2.05, 4.69) is 200 Å². The van der Waals surface area contributed by atoms with Crippen molar-refractivity contribution in [3.63, 3.8) is 0 Å². The first kappa shape index (κ1) is 32.7. The van der Waals surface area contributed by atoms with Crippen molar-refractivity contribution in [2.75, 3.05) is 0 Å². The van der Waals surface area contributed by atoms with Crippen LogP contribution in [0.5, 0.6) is 0 Å². The molecule has 2 atom stereocenters. The summed E-state index contributed by atoms with van der Waals surface area (Å²) in [4.78, 5) is 0. The Morgan fingerprint density at radius 2 is 1.18 bits per heavy atom. The van der Waals surface area contributed by atoms with E-state index in [4.69, 9.17) is 4.42 Å². The van der Waals surface area contributed by atoms with E-state index in [1.807, 2.05) is 6.07 Å². The minimum atomic E-state index is -0.0937. The third-order valence-electron chi connectivity index (χ3n) is 12.1. The van der Waals surface area contributed by atoms with Gasteiger partial charge in [0.05, 0.1) is 6.04 Å². The van der Waals surface area contributed by atoms with Crippen molar-refractivity contribution in [2.24, 2.45) is 0 Å². The van der Waals surface area contributed by atoms with Gasteiger partial charge in [0.2, 0.25) is 0 Å². The maximum absolute atomic E-state index is 6.54. The highest BCUT2D eigenvalue weighted by Crippen LogP contribution is 2.53. The summed E-state index contributed by atoms with van der Waals surface area (Å²) in [5, 5.41) is 12.6. The van der Waals surface area contributed by atoms with Crippen LogP contribution in [0.4, 0.5) is 0 Å². The number of hydrogen-bond donors (Lipinski definition) is 2. The molecule has 0 fully saturated rings. The summed E-state index contributed by atoms with van der Waals surface area (Å²) in [6, 6.07) is 63.7. The van der Waals surface area contributed by atoms with Gasteiger partial charge in [-0.3, -0.25) is 5.32 Å². The lowest BCUT2D eigenvalue weighted by molar-refractivity contribution is 0.443. The molecule has 0 radical (unpaired) electrons. The fourth-order valence-electron chi connectivity index (χ4n) is 9.24. The first-order valence-corrected chi connectivity index (χ1v) is 19.6. The van der Waals surface area contributed by atoms with E-state index in [1.165, 1.54) is 55.3 Å². The summed E-state index contributed by atoms with van der Waals surface area (Å²) in [5.41, 5.74) is 16.6. The Kier molecular flexibility index (Phi) is 7.42. The fraction of sp³-hybridized carbons (Fsp3) is 0.0943. The molecule has 3 heteroatoms. The molecule has 2 heterocycles. The van der Waals surface area contributed by atoms with Crippen LogP contribution in [0, 0.1) is 0 Å². The van der Waals surface area contributed by atoms with Gasteiger partial charge in [-0.25, -0.2) is 0 Å². The number of furan rings is 1. The van der Waals surface area contributed by atoms with Crippen LogP contribution in [-0.4, -0.2) is 0 Å². The topological polar surface area (TPSA) is 37.2 Å². The molecular formula is C53H40N2O. The molecule has 1 aliphatic carbocycles. The van der Waals surface area contributed by atoms with E-state index in [9.17, 15) is 0 Å². The summed E-state index contributed by atoms with van der Waals surface area (Å²) in [6.07, 6.45) is 2.25. The van der Waals surface area contributed by atoms with Gasteiger partial charge in [0.15, 0.2) is 0 Å². The van der Waals surface area contributed by atoms with Gasteiger partial charge < -0.3 is 9.73 Å². The summed E-state index contributed by atoms with van der Waals surface area (Å²) in [7, 11) is 0. The second-order valence-corrected chi connectivity index (χ2v) is 15.8. The first-order valence-electron chi connectivity index (χ1n) is 19.6. The van der Waals surface area contributed by atoms with Crippen LogP contribution < -0.4 is 10.6 Å². The van der Waals surface area contributed by atoms with Crippen molar-refractivity contribution in [1.82, 2.24) is 10.6 Å². The Balaban J connectivity index is 1.02. The summed E-state index contributed by atoms with van der Waals surface area (Å²) in [5.74, 6) is 0. The van der Waals surface area contributed by atoms with Crippen molar-refractivity contribution < 1.29 is 4.42 Å². The maximum atomic E-state index is 6.54. The van der Waals surface area contributed by atoms with E-state index in [1.54, 1.807) is 0 Å². The van der Waals surface area contributed by atoms with Gasteiger partial charge in [-0.05, 0) is 103 Å². The molecule has 2 N–H and O–H groups in total. The third kappa shape index (κ3) is 5.23. The van der Waals surface area contributed by atoms with Crippen molar-refractivity contribution in [2.45, 2.75) is 31.5 Å². The zero-order chi connectivity index (χ0) is 37.4. The Hall–Kier alpha value is -6.68. The van der Waals surface area contributed by atoms with Crippen LogP contribution in [0.2, 0.25) is 0 Å². The normalized spacial score (nSPS) is 17.1. The number of rotatable bonds is 5. The van der Waals surface area contributed by atoms with Crippen LogP contribution in [-0.2, 0) is 5.41 Å². The first-order chi connectivity index (χ1) is 27.5. The van der Waals surface area contributed by atoms with Gasteiger partial charge in [-0.2, -0.15) is 0 Å². The number of para-hydroxylation sites is 1. The Morgan fingerprint density at radius 3 is 1.98 bits per heavy atom. The Morgan fingerprint density at radius 1 is 0.500 bits per heavy atom. The van der Waals surface area contributed by atoms with Crippen molar-refractivity contribution >= 4 is 38.4 Å². The molecule has 2 aliphatic rings. The smallest absolute Gasteiger partial charge is 0.143 e. The number of benzene rings is 8. The molecule has 0 bridgehead atoms. The van der Waals surface area contributed by atoms with Gasteiger partial charge in [0, 0.05) is 27.4 Å². The molecule has 1 aromatic heterocycles. The van der Waals surface area contributed by atoms with E-state index >= 15 is 0 Å². The third-order valence-corrected chi connectivity index (χ3v) is 12.1. The molecule has 0 amide bonds. The van der Waals surface area contributed by atoms with Crippen molar-refractivity contribution in [3.05, 3.63) is 210 Å². The average Bonchev–Trinajstić information content (AvgIpc) is 3.74. The molecule has 8 aromatic carbocycles. The monoisotopic (exact) mass is 720 g/mol. The molecule has 0 saturated heterocycles. The van der Waals surface area contributed by atoms with E-state index in [-0.39, 0.29) is 17.6 Å². The second-order valence-electron chi connectivity index (χ2n) is 15.8. The minimum Gasteiger partial charge on any atom is -0.455 e. The van der Waals surface area contributed by atoms with Crippen molar-refractivity contribution in [3.8, 4) is 33.4 Å². The summed E-state index contributed by atoms with van der Waals surface area (Å²) in [6.45, 7) is 4.73. The SMILES string of the molecule is CC1(C)c2cc3ccccc3cc2-c2c(-c3ccc(C4=CC(c5cc(-c6ccccc6)c6oc7ccccc7c6c5)NC(c5ccccc5)N4)cc3)cccc21. The zero-order valence-electron chi connectivity index (χ0n) is 31.4. The predicted octanol–water partition coefficient (Wildman–Crippen LogP) is 13.4. The lowest BCUT2D eigenvalue weighted by Gasteiger charge is -2.33. The molecule has 0 saturated carbocycles. The molecule has 56 heavy (non-hydrogen) atoms. The molecule has 2 unspecified atom stereocenters. The van der Waals surface area contributed by atoms with Crippen molar-refractivity contribution in [1.29, 1.82) is 0 Å². The second kappa shape index (κ2) is 12.7. The molecule has 268 valence electrons. The highest BCUT2D eigenvalue weighted by molar-refractivity contribution is 6.10. The highest BCUT2D eigenvalue weighted by atomic mass is 16.3. The molecule has 1 aliphatic heterocycles. The standard InChI is InChI=1S/C53H40N2O/c1-53(2)45-22-13-21-40(50(45)44-28-37-18-9-10-19-38(37)31-46(44)53)34-24-26-35(27-25-34)47-32-48(55-52(54-47)36-16-7-4-8-17-36)39-29-42(33-14-5-3-6-15-33)51-43(30-39)41-20-11-12-23-49(41)56-51/h3-32,48,52,54-55H,1-2H3. The van der Waals surface area contributed by atoms with E-state index in [0.29, 0.717) is 0 Å². The Labute approximate surface area is 327 Å². The molecule has 3 nitrogen and oxygen atoms in total. The van der Waals surface area contributed by atoms with Crippen LogP contribution in [0.3, 0.4) is 0 Å². The van der Waals surface area contributed by atoms with Crippen LogP contribution in [0.25, 0.3) is 71.8 Å². The lowest BCUT2D eigenvalue weighted by atomic mass is 9.81. The Bertz CT molecular complexity index is 2990. The van der Waals surface area contributed by atoms with Gasteiger partial charge in [0.1, 0.15) is 17.3 Å². The molecule has 9 aromatic rings. The predicted molar refractivity (Wildman–Crippen MR) is 232 cm³/mol. The van der Waals surface area contributed by atoms with Crippen LogP contribution >= 0.6 is 0 Å². The van der Waals surface area contributed by atoms with E-state index in [0.717, 1.165) is 44.3 Å². The maximum Gasteiger partial charge on any atom is 0.143 e. The zero-order valence-corrected chi connectivity index (χ0v) is 31.4. The quantitative estimate of drug-likeness (QED) is 0.186. The average molecular weight is 721 g/mol. The van der Waals surface area contributed by atoms with Gasteiger partial charge in [0.25, 0.3) is 0 Å². The summed E-state index contributed by atoms with van der Waals surface area (Å²) < 4.78 is 6.54. The van der Waals surface area contributed by atoms with Crippen LogP contribution in [0.15, 0.2) is 186 Å². The number of fused-ring (bicyclic) bond motifs is 7. The molecular weight excluding hydrogens is 681 g/mol. The van der Waals surface area contributed by atoms with Crippen LogP contribution in [0.1, 0.15) is 53.9 Å². The largest absolute Gasteiger partial charge is 0.455 e. The number of hydrogen-bond acceptors (Lipinski definition) is 3. The molecule has 11 rings (SSSR count). The van der Waals surface area contributed by atoms with E-state index < -0.39 is 0 Å². The highest BCUT2D eigenvalue weighted by Gasteiger charge is 2.37.